The van der Waals surface area contributed by atoms with Crippen LogP contribution < -0.4 is 10.1 Å². The number of rotatable bonds is 7. The van der Waals surface area contributed by atoms with Crippen molar-refractivity contribution in [3.8, 4) is 28.6 Å². The highest BCUT2D eigenvalue weighted by Crippen LogP contribution is 2.33. The molecule has 3 aromatic rings. The molecule has 35 heavy (non-hydrogen) atoms. The smallest absolute Gasteiger partial charge is 0.258 e. The summed E-state index contributed by atoms with van der Waals surface area (Å²) in [6, 6.07) is 6.09. The number of anilines is 1. The van der Waals surface area contributed by atoms with Gasteiger partial charge in [0.25, 0.3) is 5.89 Å². The van der Waals surface area contributed by atoms with Crippen LogP contribution >= 0.6 is 11.6 Å². The second-order valence-corrected chi connectivity index (χ2v) is 9.03. The van der Waals surface area contributed by atoms with E-state index in [0.717, 1.165) is 5.69 Å². The summed E-state index contributed by atoms with van der Waals surface area (Å²) in [6.07, 6.45) is 0. The van der Waals surface area contributed by atoms with Crippen molar-refractivity contribution in [3.63, 3.8) is 0 Å². The molecule has 0 bridgehead atoms. The Morgan fingerprint density at radius 2 is 2.11 bits per heavy atom. The SMILES string of the molecule is CC(=O)N1CCOC[C@@H]1COc1cc(Cl)c(-c2noc(-c3cc(C)nc(NC(C)C)c3)n2)cc1F. The number of nitrogens with one attached hydrogen (secondary N) is 1. The number of amides is 1. The Morgan fingerprint density at radius 3 is 2.86 bits per heavy atom. The Kier molecular flexibility index (Phi) is 7.51. The van der Waals surface area contributed by atoms with E-state index < -0.39 is 5.82 Å². The van der Waals surface area contributed by atoms with Gasteiger partial charge in [0.2, 0.25) is 11.7 Å². The number of halogens is 2. The number of benzene rings is 1. The molecule has 0 saturated carbocycles. The fourth-order valence-corrected chi connectivity index (χ4v) is 4.05. The number of aryl methyl sites for hydroxylation is 1. The van der Waals surface area contributed by atoms with Gasteiger partial charge in [-0.15, -0.1) is 0 Å². The predicted molar refractivity (Wildman–Crippen MR) is 129 cm³/mol. The van der Waals surface area contributed by atoms with E-state index in [0.29, 0.717) is 31.1 Å². The van der Waals surface area contributed by atoms with Crippen LogP contribution in [0.15, 0.2) is 28.8 Å². The Labute approximate surface area is 207 Å². The molecule has 9 nitrogen and oxygen atoms in total. The largest absolute Gasteiger partial charge is 0.488 e. The van der Waals surface area contributed by atoms with Crippen LogP contribution in [-0.2, 0) is 9.53 Å². The fraction of sp³-hybridized carbons (Fsp3) is 0.417. The molecule has 1 aliphatic rings. The lowest BCUT2D eigenvalue weighted by molar-refractivity contribution is -0.138. The summed E-state index contributed by atoms with van der Waals surface area (Å²) in [5, 5.41) is 7.43. The number of carbonyl (C=O) groups is 1. The van der Waals surface area contributed by atoms with Crippen molar-refractivity contribution in [1.82, 2.24) is 20.0 Å². The second-order valence-electron chi connectivity index (χ2n) is 8.62. The quantitative estimate of drug-likeness (QED) is 0.507. The molecule has 0 aliphatic carbocycles. The lowest BCUT2D eigenvalue weighted by Gasteiger charge is -2.34. The van der Waals surface area contributed by atoms with Crippen molar-refractivity contribution < 1.29 is 23.2 Å². The molecule has 1 amide bonds. The van der Waals surface area contributed by atoms with Gasteiger partial charge in [-0.1, -0.05) is 16.8 Å². The van der Waals surface area contributed by atoms with E-state index in [1.807, 2.05) is 32.9 Å². The zero-order chi connectivity index (χ0) is 25.1. The zero-order valence-electron chi connectivity index (χ0n) is 20.0. The predicted octanol–water partition coefficient (Wildman–Crippen LogP) is 4.35. The molecule has 3 heterocycles. The first-order valence-corrected chi connectivity index (χ1v) is 11.7. The third-order valence-corrected chi connectivity index (χ3v) is 5.70. The molecule has 1 aliphatic heterocycles. The maximum atomic E-state index is 14.9. The van der Waals surface area contributed by atoms with Crippen LogP contribution in [0.5, 0.6) is 5.75 Å². The molecule has 0 unspecified atom stereocenters. The molecule has 0 radical (unpaired) electrons. The summed E-state index contributed by atoms with van der Waals surface area (Å²) in [4.78, 5) is 22.3. The minimum atomic E-state index is -0.634. The van der Waals surface area contributed by atoms with Crippen LogP contribution in [0.1, 0.15) is 26.5 Å². The van der Waals surface area contributed by atoms with Crippen LogP contribution in [0, 0.1) is 12.7 Å². The van der Waals surface area contributed by atoms with Crippen molar-refractivity contribution in [1.29, 1.82) is 0 Å². The van der Waals surface area contributed by atoms with Crippen LogP contribution in [0.4, 0.5) is 10.2 Å². The first kappa shape index (κ1) is 24.9. The molecular formula is C24H27ClFN5O4. The number of nitrogens with zero attached hydrogens (tertiary/aromatic N) is 4. The standard InChI is InChI=1S/C24H27ClFN5O4/c1-13(2)27-22-8-16(7-14(3)28-22)24-29-23(30-35-24)18-9-20(26)21(10-19(18)25)34-12-17-11-33-6-5-31(17)15(4)32/h7-10,13,17H,5-6,11-12H2,1-4H3,(H,27,28)/t17-/m1/s1. The van der Waals surface area contributed by atoms with Crippen molar-refractivity contribution in [2.75, 3.05) is 31.7 Å². The molecule has 1 atom stereocenters. The average molecular weight is 504 g/mol. The third kappa shape index (κ3) is 5.88. The van der Waals surface area contributed by atoms with E-state index in [-0.39, 0.29) is 52.6 Å². The van der Waals surface area contributed by atoms with Crippen molar-refractivity contribution in [2.45, 2.75) is 39.8 Å². The molecule has 1 saturated heterocycles. The molecule has 4 rings (SSSR count). The normalized spacial score (nSPS) is 16.0. The fourth-order valence-electron chi connectivity index (χ4n) is 3.82. The molecule has 1 N–H and O–H groups in total. The van der Waals surface area contributed by atoms with Gasteiger partial charge in [0.05, 0.1) is 24.3 Å². The van der Waals surface area contributed by atoms with Crippen molar-refractivity contribution >= 4 is 23.3 Å². The van der Waals surface area contributed by atoms with Gasteiger partial charge in [-0.3, -0.25) is 4.79 Å². The van der Waals surface area contributed by atoms with Gasteiger partial charge in [0.1, 0.15) is 12.4 Å². The first-order chi connectivity index (χ1) is 16.7. The maximum absolute atomic E-state index is 14.9. The summed E-state index contributed by atoms with van der Waals surface area (Å²) in [6.45, 7) is 8.71. The highest BCUT2D eigenvalue weighted by molar-refractivity contribution is 6.33. The molecule has 0 spiro atoms. The first-order valence-electron chi connectivity index (χ1n) is 11.3. The summed E-state index contributed by atoms with van der Waals surface area (Å²) < 4.78 is 31.4. The number of carbonyl (C=O) groups excluding carboxylic acids is 1. The minimum absolute atomic E-state index is 0.0364. The van der Waals surface area contributed by atoms with Crippen LogP contribution in [0.25, 0.3) is 22.8 Å². The van der Waals surface area contributed by atoms with Gasteiger partial charge in [-0.25, -0.2) is 9.37 Å². The Morgan fingerprint density at radius 1 is 1.31 bits per heavy atom. The van der Waals surface area contributed by atoms with E-state index in [2.05, 4.69) is 20.4 Å². The molecule has 2 aromatic heterocycles. The van der Waals surface area contributed by atoms with Gasteiger partial charge < -0.3 is 24.2 Å². The monoisotopic (exact) mass is 503 g/mol. The van der Waals surface area contributed by atoms with Crippen molar-refractivity contribution in [3.05, 3.63) is 40.8 Å². The second kappa shape index (κ2) is 10.6. The van der Waals surface area contributed by atoms with Crippen LogP contribution in [0.3, 0.4) is 0 Å². The number of aromatic nitrogens is 3. The Balaban J connectivity index is 1.53. The molecule has 1 fully saturated rings. The molecule has 11 heteroatoms. The van der Waals surface area contributed by atoms with Gasteiger partial charge in [-0.05, 0) is 39.0 Å². The summed E-state index contributed by atoms with van der Waals surface area (Å²) in [7, 11) is 0. The van der Waals surface area contributed by atoms with Gasteiger partial charge >= 0.3 is 0 Å². The van der Waals surface area contributed by atoms with E-state index in [1.54, 1.807) is 4.90 Å². The molecule has 186 valence electrons. The van der Waals surface area contributed by atoms with E-state index >= 15 is 0 Å². The Bertz CT molecular complexity index is 1220. The third-order valence-electron chi connectivity index (χ3n) is 5.39. The number of ether oxygens (including phenoxy) is 2. The minimum Gasteiger partial charge on any atom is -0.488 e. The number of pyridine rings is 1. The number of hydrogen-bond acceptors (Lipinski definition) is 8. The maximum Gasteiger partial charge on any atom is 0.258 e. The molecular weight excluding hydrogens is 477 g/mol. The Hall–Kier alpha value is -3.24. The lowest BCUT2D eigenvalue weighted by atomic mass is 10.2. The summed E-state index contributed by atoms with van der Waals surface area (Å²) in [5.74, 6) is 0.338. The summed E-state index contributed by atoms with van der Waals surface area (Å²) in [5.41, 5.74) is 1.73. The molecule has 1 aromatic carbocycles. The van der Waals surface area contributed by atoms with E-state index in [9.17, 15) is 9.18 Å². The van der Waals surface area contributed by atoms with Crippen LogP contribution in [0.2, 0.25) is 5.02 Å². The van der Waals surface area contributed by atoms with E-state index in [1.165, 1.54) is 19.1 Å². The highest BCUT2D eigenvalue weighted by Gasteiger charge is 2.26. The summed E-state index contributed by atoms with van der Waals surface area (Å²) >= 11 is 6.42. The highest BCUT2D eigenvalue weighted by atomic mass is 35.5. The van der Waals surface area contributed by atoms with E-state index in [4.69, 9.17) is 25.6 Å². The van der Waals surface area contributed by atoms with Crippen LogP contribution in [-0.4, -0.2) is 64.4 Å². The number of morpholine rings is 1. The lowest BCUT2D eigenvalue weighted by Crippen LogP contribution is -2.50. The van der Waals surface area contributed by atoms with Gasteiger partial charge in [0, 0.05) is 42.4 Å². The van der Waals surface area contributed by atoms with Gasteiger partial charge in [0.15, 0.2) is 11.6 Å². The average Bonchev–Trinajstić information content (AvgIpc) is 3.29. The van der Waals surface area contributed by atoms with Crippen molar-refractivity contribution in [2.24, 2.45) is 0 Å². The number of hydrogen-bond donors (Lipinski definition) is 1. The van der Waals surface area contributed by atoms with Gasteiger partial charge in [-0.2, -0.15) is 4.98 Å². The topological polar surface area (TPSA) is 103 Å². The zero-order valence-corrected chi connectivity index (χ0v) is 20.7.